The first kappa shape index (κ1) is 18.6. The molecule has 1 aromatic carbocycles. The Labute approximate surface area is 171 Å². The van der Waals surface area contributed by atoms with Gasteiger partial charge >= 0.3 is 0 Å². The van der Waals surface area contributed by atoms with Crippen LogP contribution in [0.25, 0.3) is 5.65 Å². The average molecular weight is 410 g/mol. The molecule has 3 heterocycles. The second kappa shape index (κ2) is 8.12. The molecule has 1 N–H and O–H groups in total. The lowest BCUT2D eigenvalue weighted by atomic mass is 10.2. The third-order valence-corrected chi connectivity index (χ3v) is 6.26. The first-order valence-corrected chi connectivity index (χ1v) is 10.7. The number of carbonyl (C=O) groups excluding carboxylic acids is 1. The summed E-state index contributed by atoms with van der Waals surface area (Å²) in [6.45, 7) is 4.10. The molecule has 0 saturated heterocycles. The van der Waals surface area contributed by atoms with E-state index < -0.39 is 0 Å². The Balaban J connectivity index is 1.36. The number of carbonyl (C=O) groups is 1. The lowest BCUT2D eigenvalue weighted by Crippen LogP contribution is -2.11. The quantitative estimate of drug-likeness (QED) is 0.461. The van der Waals surface area contributed by atoms with Crippen molar-refractivity contribution in [2.75, 3.05) is 5.32 Å². The largest absolute Gasteiger partial charge is 0.307 e. The zero-order chi connectivity index (χ0) is 19.5. The third kappa shape index (κ3) is 4.23. The predicted octanol–water partition coefficient (Wildman–Crippen LogP) is 4.85. The number of nitrogens with zero attached hydrogens (tertiary/aromatic N) is 4. The van der Waals surface area contributed by atoms with E-state index in [2.05, 4.69) is 34.3 Å². The molecule has 0 bridgehead atoms. The standard InChI is InChI=1S/C20H19N5OS2/c1-13(2)19-23-24-20(28-19)22-18(26)14-6-8-16(9-7-14)27-12-15-11-25-10-4-3-5-17(25)21-15/h3-11,13H,12H2,1-2H3,(H,22,24,26). The molecule has 0 fully saturated rings. The summed E-state index contributed by atoms with van der Waals surface area (Å²) < 4.78 is 2.02. The summed E-state index contributed by atoms with van der Waals surface area (Å²) >= 11 is 3.10. The Bertz CT molecular complexity index is 1070. The van der Waals surface area contributed by atoms with Crippen LogP contribution < -0.4 is 5.32 Å². The third-order valence-electron chi connectivity index (χ3n) is 4.07. The van der Waals surface area contributed by atoms with Crippen molar-refractivity contribution >= 4 is 39.8 Å². The van der Waals surface area contributed by atoms with Crippen molar-refractivity contribution in [3.05, 3.63) is 71.1 Å². The van der Waals surface area contributed by atoms with Crippen LogP contribution in [0.5, 0.6) is 0 Å². The molecule has 0 atom stereocenters. The summed E-state index contributed by atoms with van der Waals surface area (Å²) in [7, 11) is 0. The molecule has 8 heteroatoms. The normalized spacial score (nSPS) is 11.2. The average Bonchev–Trinajstić information content (AvgIpc) is 3.33. The minimum atomic E-state index is -0.177. The molecule has 1 amide bonds. The molecule has 0 aliphatic carbocycles. The molecule has 6 nitrogen and oxygen atoms in total. The second-order valence-corrected chi connectivity index (χ2v) is 8.62. The smallest absolute Gasteiger partial charge is 0.257 e. The Hall–Kier alpha value is -2.71. The fourth-order valence-electron chi connectivity index (χ4n) is 2.60. The van der Waals surface area contributed by atoms with Crippen LogP contribution in [0, 0.1) is 0 Å². The van der Waals surface area contributed by atoms with Gasteiger partial charge < -0.3 is 4.40 Å². The Morgan fingerprint density at radius 1 is 1.18 bits per heavy atom. The van der Waals surface area contributed by atoms with Crippen molar-refractivity contribution in [3.8, 4) is 0 Å². The number of benzene rings is 1. The summed E-state index contributed by atoms with van der Waals surface area (Å²) in [6.07, 6.45) is 4.03. The van der Waals surface area contributed by atoms with E-state index in [1.165, 1.54) is 11.3 Å². The van der Waals surface area contributed by atoms with Crippen LogP contribution in [0.1, 0.15) is 40.8 Å². The summed E-state index contributed by atoms with van der Waals surface area (Å²) in [6, 6.07) is 13.5. The molecule has 0 aliphatic rings. The molecule has 0 spiro atoms. The van der Waals surface area contributed by atoms with Gasteiger partial charge in [0.05, 0.1) is 5.69 Å². The SMILES string of the molecule is CC(C)c1nnc(NC(=O)c2ccc(SCc3cn4ccccc4n3)cc2)s1. The van der Waals surface area contributed by atoms with E-state index >= 15 is 0 Å². The van der Waals surface area contributed by atoms with E-state index in [9.17, 15) is 4.79 Å². The topological polar surface area (TPSA) is 72.2 Å². The van der Waals surface area contributed by atoms with Gasteiger partial charge in [0.1, 0.15) is 10.7 Å². The molecular formula is C20H19N5OS2. The van der Waals surface area contributed by atoms with Gasteiger partial charge in [-0.3, -0.25) is 10.1 Å². The maximum atomic E-state index is 12.4. The van der Waals surface area contributed by atoms with Crippen LogP contribution in [0.2, 0.25) is 0 Å². The van der Waals surface area contributed by atoms with Gasteiger partial charge in [0, 0.05) is 34.5 Å². The molecule has 0 unspecified atom stereocenters. The number of anilines is 1. The summed E-state index contributed by atoms with van der Waals surface area (Å²) in [4.78, 5) is 18.1. The number of nitrogens with one attached hydrogen (secondary N) is 1. The van der Waals surface area contributed by atoms with Gasteiger partial charge in [-0.2, -0.15) is 0 Å². The number of hydrogen-bond acceptors (Lipinski definition) is 6. The molecule has 0 saturated carbocycles. The first-order valence-electron chi connectivity index (χ1n) is 8.89. The zero-order valence-electron chi connectivity index (χ0n) is 15.5. The van der Waals surface area contributed by atoms with E-state index in [0.717, 1.165) is 27.0 Å². The van der Waals surface area contributed by atoms with Gasteiger partial charge in [-0.1, -0.05) is 31.3 Å². The van der Waals surface area contributed by atoms with Crippen molar-refractivity contribution in [1.29, 1.82) is 0 Å². The van der Waals surface area contributed by atoms with Crippen LogP contribution in [0.4, 0.5) is 5.13 Å². The molecule has 0 radical (unpaired) electrons. The van der Waals surface area contributed by atoms with Crippen LogP contribution in [0.15, 0.2) is 59.8 Å². The van der Waals surface area contributed by atoms with E-state index in [4.69, 9.17) is 0 Å². The molecule has 0 aliphatic heterocycles. The Morgan fingerprint density at radius 2 is 2.00 bits per heavy atom. The fourth-order valence-corrected chi connectivity index (χ4v) is 4.13. The van der Waals surface area contributed by atoms with E-state index in [1.54, 1.807) is 11.8 Å². The van der Waals surface area contributed by atoms with Gasteiger partial charge in [-0.15, -0.1) is 22.0 Å². The number of rotatable bonds is 6. The predicted molar refractivity (Wildman–Crippen MR) is 113 cm³/mol. The number of hydrogen-bond donors (Lipinski definition) is 1. The highest BCUT2D eigenvalue weighted by Gasteiger charge is 2.12. The summed E-state index contributed by atoms with van der Waals surface area (Å²) in [5, 5.41) is 12.4. The lowest BCUT2D eigenvalue weighted by molar-refractivity contribution is 0.102. The number of pyridine rings is 1. The lowest BCUT2D eigenvalue weighted by Gasteiger charge is -2.03. The number of amides is 1. The van der Waals surface area contributed by atoms with E-state index in [0.29, 0.717) is 16.6 Å². The number of fused-ring (bicyclic) bond motifs is 1. The van der Waals surface area contributed by atoms with Crippen molar-refractivity contribution in [1.82, 2.24) is 19.6 Å². The summed E-state index contributed by atoms with van der Waals surface area (Å²) in [5.74, 6) is 0.895. The van der Waals surface area contributed by atoms with Gasteiger partial charge in [-0.05, 0) is 36.4 Å². The van der Waals surface area contributed by atoms with Crippen LogP contribution >= 0.6 is 23.1 Å². The summed E-state index contributed by atoms with van der Waals surface area (Å²) in [5.41, 5.74) is 2.57. The molecule has 4 rings (SSSR count). The highest BCUT2D eigenvalue weighted by Crippen LogP contribution is 2.25. The second-order valence-electron chi connectivity index (χ2n) is 6.57. The molecule has 3 aromatic heterocycles. The minimum Gasteiger partial charge on any atom is -0.307 e. The Kier molecular flexibility index (Phi) is 5.40. The number of aromatic nitrogens is 4. The molecule has 28 heavy (non-hydrogen) atoms. The maximum Gasteiger partial charge on any atom is 0.257 e. The number of thioether (sulfide) groups is 1. The van der Waals surface area contributed by atoms with Crippen LogP contribution in [0.3, 0.4) is 0 Å². The Morgan fingerprint density at radius 3 is 2.71 bits per heavy atom. The van der Waals surface area contributed by atoms with E-state index in [1.807, 2.05) is 59.3 Å². The van der Waals surface area contributed by atoms with Gasteiger partial charge in [0.15, 0.2) is 0 Å². The van der Waals surface area contributed by atoms with Crippen LogP contribution in [-0.4, -0.2) is 25.5 Å². The fraction of sp³-hybridized carbons (Fsp3) is 0.200. The van der Waals surface area contributed by atoms with Gasteiger partial charge in [0.25, 0.3) is 5.91 Å². The van der Waals surface area contributed by atoms with Crippen molar-refractivity contribution in [3.63, 3.8) is 0 Å². The zero-order valence-corrected chi connectivity index (χ0v) is 17.1. The highest BCUT2D eigenvalue weighted by molar-refractivity contribution is 7.98. The number of imidazole rings is 1. The highest BCUT2D eigenvalue weighted by atomic mass is 32.2. The maximum absolute atomic E-state index is 12.4. The van der Waals surface area contributed by atoms with E-state index in [-0.39, 0.29) is 5.91 Å². The van der Waals surface area contributed by atoms with Crippen LogP contribution in [-0.2, 0) is 5.75 Å². The molecule has 142 valence electrons. The van der Waals surface area contributed by atoms with Crippen molar-refractivity contribution in [2.45, 2.75) is 30.4 Å². The van der Waals surface area contributed by atoms with Gasteiger partial charge in [0.2, 0.25) is 5.13 Å². The molecule has 4 aromatic rings. The monoisotopic (exact) mass is 409 g/mol. The van der Waals surface area contributed by atoms with Crippen molar-refractivity contribution in [2.24, 2.45) is 0 Å². The van der Waals surface area contributed by atoms with Crippen molar-refractivity contribution < 1.29 is 4.79 Å². The first-order chi connectivity index (χ1) is 13.6. The van der Waals surface area contributed by atoms with Gasteiger partial charge in [-0.25, -0.2) is 4.98 Å². The molecular weight excluding hydrogens is 390 g/mol. The minimum absolute atomic E-state index is 0.177.